The second-order valence-electron chi connectivity index (χ2n) is 4.14. The molecule has 1 aromatic heterocycles. The van der Waals surface area contributed by atoms with Crippen molar-refractivity contribution < 1.29 is 13.2 Å². The fraction of sp³-hybridized carbons (Fsp3) is 0.167. The van der Waals surface area contributed by atoms with Crippen LogP contribution in [0, 0.1) is 6.92 Å². The molecule has 0 atom stereocenters. The standard InChI is InChI=1S/C12H14N4O3S/c1-8-11(16-13)14-7-15-12(8)19-9-3-5-10(6-4-9)20(2,17)18/h3-7H,13H2,1-2H3,(H,14,15,16). The minimum Gasteiger partial charge on any atom is -0.439 e. The minimum atomic E-state index is -3.22. The van der Waals surface area contributed by atoms with E-state index in [0.29, 0.717) is 23.0 Å². The third kappa shape index (κ3) is 3.03. The Hall–Kier alpha value is -2.19. The smallest absolute Gasteiger partial charge is 0.227 e. The van der Waals surface area contributed by atoms with E-state index in [9.17, 15) is 8.42 Å². The summed E-state index contributed by atoms with van der Waals surface area (Å²) in [5, 5.41) is 0. The van der Waals surface area contributed by atoms with Gasteiger partial charge >= 0.3 is 0 Å². The summed E-state index contributed by atoms with van der Waals surface area (Å²) in [6.45, 7) is 1.76. The number of aromatic nitrogens is 2. The summed E-state index contributed by atoms with van der Waals surface area (Å²) < 4.78 is 28.3. The van der Waals surface area contributed by atoms with E-state index in [-0.39, 0.29) is 4.90 Å². The number of hydrazine groups is 1. The number of hydrogen-bond acceptors (Lipinski definition) is 7. The van der Waals surface area contributed by atoms with Gasteiger partial charge in [-0.15, -0.1) is 0 Å². The Morgan fingerprint density at radius 2 is 1.85 bits per heavy atom. The maximum atomic E-state index is 11.4. The minimum absolute atomic E-state index is 0.230. The summed E-state index contributed by atoms with van der Waals surface area (Å²) >= 11 is 0. The van der Waals surface area contributed by atoms with E-state index in [1.54, 1.807) is 19.1 Å². The number of nitrogen functional groups attached to an aromatic ring is 1. The molecule has 0 radical (unpaired) electrons. The van der Waals surface area contributed by atoms with Crippen molar-refractivity contribution in [1.82, 2.24) is 9.97 Å². The Labute approximate surface area is 116 Å². The topological polar surface area (TPSA) is 107 Å². The molecule has 0 amide bonds. The third-order valence-electron chi connectivity index (χ3n) is 2.64. The molecule has 0 bridgehead atoms. The number of anilines is 1. The number of rotatable bonds is 4. The molecule has 7 nitrogen and oxygen atoms in total. The molecule has 106 valence electrons. The first-order valence-electron chi connectivity index (χ1n) is 5.68. The number of sulfone groups is 1. The maximum absolute atomic E-state index is 11.4. The molecule has 0 spiro atoms. The van der Waals surface area contributed by atoms with E-state index >= 15 is 0 Å². The van der Waals surface area contributed by atoms with Crippen LogP contribution in [0.1, 0.15) is 5.56 Å². The van der Waals surface area contributed by atoms with Crippen LogP contribution in [0.25, 0.3) is 0 Å². The average Bonchev–Trinajstić information content (AvgIpc) is 2.41. The van der Waals surface area contributed by atoms with Crippen molar-refractivity contribution in [3.05, 3.63) is 36.2 Å². The third-order valence-corrected chi connectivity index (χ3v) is 3.77. The van der Waals surface area contributed by atoms with Crippen LogP contribution in [-0.2, 0) is 9.84 Å². The summed E-state index contributed by atoms with van der Waals surface area (Å²) in [6.07, 6.45) is 2.47. The quantitative estimate of drug-likeness (QED) is 0.645. The highest BCUT2D eigenvalue weighted by Gasteiger charge is 2.10. The van der Waals surface area contributed by atoms with Gasteiger partial charge in [-0.25, -0.2) is 24.2 Å². The van der Waals surface area contributed by atoms with Gasteiger partial charge in [-0.3, -0.25) is 0 Å². The molecule has 1 heterocycles. The van der Waals surface area contributed by atoms with Crippen molar-refractivity contribution in [3.63, 3.8) is 0 Å². The van der Waals surface area contributed by atoms with Crippen LogP contribution in [0.5, 0.6) is 11.6 Å². The lowest BCUT2D eigenvalue weighted by molar-refractivity contribution is 0.457. The number of nitrogens with one attached hydrogen (secondary N) is 1. The van der Waals surface area contributed by atoms with Crippen molar-refractivity contribution in [2.45, 2.75) is 11.8 Å². The van der Waals surface area contributed by atoms with Gasteiger partial charge in [0.25, 0.3) is 0 Å². The summed E-state index contributed by atoms with van der Waals surface area (Å²) in [7, 11) is -3.22. The van der Waals surface area contributed by atoms with Crippen LogP contribution in [0.15, 0.2) is 35.5 Å². The highest BCUT2D eigenvalue weighted by molar-refractivity contribution is 7.90. The van der Waals surface area contributed by atoms with Gasteiger partial charge in [0.05, 0.1) is 10.5 Å². The lowest BCUT2D eigenvalue weighted by atomic mass is 10.3. The number of nitrogens with zero attached hydrogens (tertiary/aromatic N) is 2. The Morgan fingerprint density at radius 1 is 1.20 bits per heavy atom. The molecule has 0 aliphatic carbocycles. The lowest BCUT2D eigenvalue weighted by Crippen LogP contribution is -2.11. The monoisotopic (exact) mass is 294 g/mol. The zero-order valence-electron chi connectivity index (χ0n) is 11.0. The van der Waals surface area contributed by atoms with E-state index in [2.05, 4.69) is 15.4 Å². The summed E-state index contributed by atoms with van der Waals surface area (Å²) in [6, 6.07) is 6.08. The summed E-state index contributed by atoms with van der Waals surface area (Å²) in [5.41, 5.74) is 3.09. The van der Waals surface area contributed by atoms with E-state index in [1.165, 1.54) is 18.5 Å². The number of nitrogens with two attached hydrogens (primary N) is 1. The largest absolute Gasteiger partial charge is 0.439 e. The summed E-state index contributed by atoms with van der Waals surface area (Å²) in [5.74, 6) is 6.60. The molecule has 0 fully saturated rings. The van der Waals surface area contributed by atoms with Crippen LogP contribution in [0.3, 0.4) is 0 Å². The zero-order valence-corrected chi connectivity index (χ0v) is 11.8. The predicted octanol–water partition coefficient (Wildman–Crippen LogP) is 1.27. The molecule has 8 heteroatoms. The van der Waals surface area contributed by atoms with Gasteiger partial charge in [0.2, 0.25) is 5.88 Å². The molecule has 20 heavy (non-hydrogen) atoms. The fourth-order valence-corrected chi connectivity index (χ4v) is 2.18. The van der Waals surface area contributed by atoms with Gasteiger partial charge in [0, 0.05) is 6.26 Å². The predicted molar refractivity (Wildman–Crippen MR) is 74.2 cm³/mol. The first-order chi connectivity index (χ1) is 9.41. The summed E-state index contributed by atoms with van der Waals surface area (Å²) in [4.78, 5) is 8.18. The Kier molecular flexibility index (Phi) is 3.86. The van der Waals surface area contributed by atoms with Gasteiger partial charge in [-0.05, 0) is 31.2 Å². The number of benzene rings is 1. The normalized spacial score (nSPS) is 11.2. The first-order valence-corrected chi connectivity index (χ1v) is 7.57. The van der Waals surface area contributed by atoms with Crippen LogP contribution >= 0.6 is 0 Å². The van der Waals surface area contributed by atoms with E-state index in [0.717, 1.165) is 6.26 Å². The first kappa shape index (κ1) is 14.2. The van der Waals surface area contributed by atoms with Crippen molar-refractivity contribution >= 4 is 15.7 Å². The second kappa shape index (κ2) is 5.43. The molecule has 1 aromatic carbocycles. The van der Waals surface area contributed by atoms with E-state index in [4.69, 9.17) is 10.6 Å². The highest BCUT2D eigenvalue weighted by Crippen LogP contribution is 2.26. The van der Waals surface area contributed by atoms with Gasteiger partial charge in [-0.2, -0.15) is 0 Å². The van der Waals surface area contributed by atoms with Gasteiger partial charge in [0.1, 0.15) is 17.9 Å². The highest BCUT2D eigenvalue weighted by atomic mass is 32.2. The lowest BCUT2D eigenvalue weighted by Gasteiger charge is -2.10. The molecule has 0 saturated carbocycles. The Morgan fingerprint density at radius 3 is 2.40 bits per heavy atom. The average molecular weight is 294 g/mol. The molecule has 0 aliphatic heterocycles. The van der Waals surface area contributed by atoms with Crippen molar-refractivity contribution in [1.29, 1.82) is 0 Å². The Balaban J connectivity index is 2.27. The molecule has 0 saturated heterocycles. The number of hydrogen-bond donors (Lipinski definition) is 2. The zero-order chi connectivity index (χ0) is 14.8. The second-order valence-corrected chi connectivity index (χ2v) is 6.16. The van der Waals surface area contributed by atoms with Gasteiger partial charge in [0.15, 0.2) is 9.84 Å². The van der Waals surface area contributed by atoms with E-state index in [1.807, 2.05) is 0 Å². The fourth-order valence-electron chi connectivity index (χ4n) is 1.55. The van der Waals surface area contributed by atoms with Crippen molar-refractivity contribution in [2.75, 3.05) is 11.7 Å². The van der Waals surface area contributed by atoms with Crippen molar-refractivity contribution in [3.8, 4) is 11.6 Å². The van der Waals surface area contributed by atoms with Crippen LogP contribution in [0.4, 0.5) is 5.82 Å². The van der Waals surface area contributed by atoms with Gasteiger partial charge in [-0.1, -0.05) is 0 Å². The molecule has 2 rings (SSSR count). The molecular weight excluding hydrogens is 280 g/mol. The maximum Gasteiger partial charge on any atom is 0.227 e. The van der Waals surface area contributed by atoms with Crippen LogP contribution in [-0.4, -0.2) is 24.6 Å². The SMILES string of the molecule is Cc1c(NN)ncnc1Oc1ccc(S(C)(=O)=O)cc1. The van der Waals surface area contributed by atoms with Crippen LogP contribution in [0.2, 0.25) is 0 Å². The molecule has 0 unspecified atom stereocenters. The number of ether oxygens (including phenoxy) is 1. The van der Waals surface area contributed by atoms with Crippen molar-refractivity contribution in [2.24, 2.45) is 5.84 Å². The van der Waals surface area contributed by atoms with E-state index < -0.39 is 9.84 Å². The molecule has 3 N–H and O–H groups in total. The molecule has 2 aromatic rings. The Bertz CT molecular complexity index is 714. The molecular formula is C12H14N4O3S. The molecule has 0 aliphatic rings. The van der Waals surface area contributed by atoms with Crippen LogP contribution < -0.4 is 16.0 Å². The van der Waals surface area contributed by atoms with Gasteiger partial charge < -0.3 is 10.2 Å².